The highest BCUT2D eigenvalue weighted by molar-refractivity contribution is 5.95. The highest BCUT2D eigenvalue weighted by atomic mass is 16.6. The Bertz CT molecular complexity index is 645. The van der Waals surface area contributed by atoms with Crippen LogP contribution in [0.1, 0.15) is 22.0 Å². The summed E-state index contributed by atoms with van der Waals surface area (Å²) in [5.74, 6) is -2.16. The van der Waals surface area contributed by atoms with Gasteiger partial charge in [-0.15, -0.1) is 0 Å². The molecule has 10 heteroatoms. The van der Waals surface area contributed by atoms with Crippen molar-refractivity contribution in [3.63, 3.8) is 0 Å². The minimum absolute atomic E-state index is 0. The van der Waals surface area contributed by atoms with Crippen molar-refractivity contribution in [1.29, 1.82) is 0 Å². The first-order valence-corrected chi connectivity index (χ1v) is 6.87. The molecule has 2 aliphatic heterocycles. The molecule has 5 atom stereocenters. The van der Waals surface area contributed by atoms with Crippen LogP contribution < -0.4 is 4.74 Å². The number of phenols is 2. The van der Waals surface area contributed by atoms with Crippen LogP contribution in [0.4, 0.5) is 0 Å². The molecule has 0 aliphatic carbocycles. The Kier molecular flexibility index (Phi) is 4.87. The topological polar surface area (TPSA) is 177 Å². The Morgan fingerprint density at radius 3 is 2.50 bits per heavy atom. The molecule has 0 aromatic heterocycles. The number of aromatic hydroxyl groups is 2. The van der Waals surface area contributed by atoms with E-state index in [1.807, 2.05) is 0 Å². The Labute approximate surface area is 135 Å². The van der Waals surface area contributed by atoms with Crippen LogP contribution in [0, 0.1) is 0 Å². The third-order valence-corrected chi connectivity index (χ3v) is 4.09. The molecule has 3 unspecified atom stereocenters. The number of esters is 1. The molecule has 10 nitrogen and oxygen atoms in total. The van der Waals surface area contributed by atoms with Gasteiger partial charge in [0.1, 0.15) is 24.4 Å². The number of phenolic OH excluding ortho intramolecular Hbond substituents is 2. The van der Waals surface area contributed by atoms with E-state index in [2.05, 4.69) is 0 Å². The van der Waals surface area contributed by atoms with Crippen LogP contribution in [0.15, 0.2) is 6.07 Å². The van der Waals surface area contributed by atoms with Gasteiger partial charge in [-0.2, -0.15) is 0 Å². The standard InChI is InChI=1S/C14H16O9.H2O/c1-21-11-5(16)2-4-7(9(11)18)12-13(23-14(4)20)10(19)8(17)6(3-15)22-12;/h2,6,8,10,12-13,15-19H,3H2,1H3;1H2/t6?,8?,10?,12-,13+;/m0./s1. The molecule has 3 rings (SSSR count). The van der Waals surface area contributed by atoms with Crippen LogP contribution in [0.3, 0.4) is 0 Å². The van der Waals surface area contributed by atoms with Gasteiger partial charge < -0.3 is 45.2 Å². The summed E-state index contributed by atoms with van der Waals surface area (Å²) in [4.78, 5) is 12.1. The molecular formula is C14H18O10. The third kappa shape index (κ3) is 2.44. The van der Waals surface area contributed by atoms with Crippen LogP contribution in [-0.4, -0.2) is 75.1 Å². The summed E-state index contributed by atoms with van der Waals surface area (Å²) in [5, 5.41) is 49.3. The van der Waals surface area contributed by atoms with Gasteiger partial charge in [0.25, 0.3) is 0 Å². The quantitative estimate of drug-likeness (QED) is 0.378. The first-order valence-electron chi connectivity index (χ1n) is 6.87. The van der Waals surface area contributed by atoms with Crippen LogP contribution in [-0.2, 0) is 9.47 Å². The summed E-state index contributed by atoms with van der Waals surface area (Å²) in [6.07, 6.45) is -6.50. The first-order chi connectivity index (χ1) is 10.9. The van der Waals surface area contributed by atoms with E-state index in [0.717, 1.165) is 6.07 Å². The van der Waals surface area contributed by atoms with Gasteiger partial charge in [0, 0.05) is 5.56 Å². The third-order valence-electron chi connectivity index (χ3n) is 4.09. The molecule has 0 amide bonds. The van der Waals surface area contributed by atoms with E-state index in [4.69, 9.17) is 14.2 Å². The first kappa shape index (κ1) is 18.2. The number of benzene rings is 1. The van der Waals surface area contributed by atoms with Crippen LogP contribution in [0.2, 0.25) is 0 Å². The fourth-order valence-corrected chi connectivity index (χ4v) is 2.95. The molecule has 1 saturated heterocycles. The smallest absolute Gasteiger partial charge is 0.339 e. The van der Waals surface area contributed by atoms with E-state index in [1.165, 1.54) is 7.11 Å². The number of fused-ring (bicyclic) bond motifs is 3. The van der Waals surface area contributed by atoms with E-state index >= 15 is 0 Å². The second-order valence-corrected chi connectivity index (χ2v) is 5.37. The lowest BCUT2D eigenvalue weighted by Gasteiger charge is -2.44. The second kappa shape index (κ2) is 6.42. The van der Waals surface area contributed by atoms with E-state index < -0.39 is 54.6 Å². The average molecular weight is 346 g/mol. The lowest BCUT2D eigenvalue weighted by Crippen LogP contribution is -2.58. The van der Waals surface area contributed by atoms with Gasteiger partial charge in [-0.25, -0.2) is 4.79 Å². The van der Waals surface area contributed by atoms with Crippen molar-refractivity contribution in [2.24, 2.45) is 0 Å². The molecule has 0 saturated carbocycles. The Morgan fingerprint density at radius 2 is 1.92 bits per heavy atom. The van der Waals surface area contributed by atoms with Gasteiger partial charge in [-0.05, 0) is 6.07 Å². The minimum Gasteiger partial charge on any atom is -0.504 e. The molecule has 134 valence electrons. The van der Waals surface area contributed by atoms with Crippen molar-refractivity contribution in [2.75, 3.05) is 13.7 Å². The van der Waals surface area contributed by atoms with Crippen molar-refractivity contribution in [1.82, 2.24) is 0 Å². The monoisotopic (exact) mass is 346 g/mol. The summed E-state index contributed by atoms with van der Waals surface area (Å²) in [6, 6.07) is 1.06. The molecule has 0 bridgehead atoms. The van der Waals surface area contributed by atoms with Crippen molar-refractivity contribution >= 4 is 5.97 Å². The highest BCUT2D eigenvalue weighted by Crippen LogP contribution is 2.49. The predicted molar refractivity (Wildman–Crippen MR) is 75.9 cm³/mol. The summed E-state index contributed by atoms with van der Waals surface area (Å²) in [6.45, 7) is -0.583. The van der Waals surface area contributed by atoms with E-state index in [-0.39, 0.29) is 22.4 Å². The molecular weight excluding hydrogens is 328 g/mol. The van der Waals surface area contributed by atoms with Crippen molar-refractivity contribution in [3.8, 4) is 17.2 Å². The molecule has 7 N–H and O–H groups in total. The van der Waals surface area contributed by atoms with Crippen LogP contribution >= 0.6 is 0 Å². The Morgan fingerprint density at radius 1 is 1.25 bits per heavy atom. The number of aliphatic hydroxyl groups is 3. The zero-order valence-corrected chi connectivity index (χ0v) is 12.5. The number of ether oxygens (including phenoxy) is 3. The van der Waals surface area contributed by atoms with Gasteiger partial charge in [0.05, 0.1) is 19.3 Å². The van der Waals surface area contributed by atoms with Gasteiger partial charge in [0.2, 0.25) is 5.75 Å². The van der Waals surface area contributed by atoms with Gasteiger partial charge in [-0.1, -0.05) is 0 Å². The summed E-state index contributed by atoms with van der Waals surface area (Å²) in [5.41, 5.74) is -0.187. The Balaban J connectivity index is 0.00000208. The number of methoxy groups -OCH3 is 1. The maximum absolute atomic E-state index is 12.1. The highest BCUT2D eigenvalue weighted by Gasteiger charge is 2.52. The number of hydrogen-bond acceptors (Lipinski definition) is 9. The van der Waals surface area contributed by atoms with Gasteiger partial charge in [-0.3, -0.25) is 0 Å². The fourth-order valence-electron chi connectivity index (χ4n) is 2.95. The summed E-state index contributed by atoms with van der Waals surface area (Å²) < 4.78 is 15.4. The Hall–Kier alpha value is -2.11. The molecule has 0 spiro atoms. The van der Waals surface area contributed by atoms with Gasteiger partial charge >= 0.3 is 5.97 Å². The molecule has 2 heterocycles. The number of hydrogen-bond donors (Lipinski definition) is 5. The van der Waals surface area contributed by atoms with Crippen molar-refractivity contribution in [2.45, 2.75) is 30.5 Å². The molecule has 1 aromatic rings. The number of carbonyl (C=O) groups is 1. The van der Waals surface area contributed by atoms with Crippen molar-refractivity contribution in [3.05, 3.63) is 17.2 Å². The van der Waals surface area contributed by atoms with Crippen LogP contribution in [0.25, 0.3) is 0 Å². The van der Waals surface area contributed by atoms with Crippen LogP contribution in [0.5, 0.6) is 17.2 Å². The predicted octanol–water partition coefficient (Wildman–Crippen LogP) is -2.03. The fraction of sp³-hybridized carbons (Fsp3) is 0.500. The van der Waals surface area contributed by atoms with E-state index in [0.29, 0.717) is 0 Å². The lowest BCUT2D eigenvalue weighted by atomic mass is 9.86. The molecule has 2 aliphatic rings. The van der Waals surface area contributed by atoms with Gasteiger partial charge in [0.15, 0.2) is 17.6 Å². The normalized spacial score (nSPS) is 31.3. The number of aliphatic hydroxyl groups excluding tert-OH is 3. The molecule has 0 radical (unpaired) electrons. The van der Waals surface area contributed by atoms with E-state index in [9.17, 15) is 30.3 Å². The minimum atomic E-state index is -1.51. The zero-order valence-electron chi connectivity index (χ0n) is 12.5. The molecule has 24 heavy (non-hydrogen) atoms. The maximum Gasteiger partial charge on any atom is 0.339 e. The largest absolute Gasteiger partial charge is 0.504 e. The maximum atomic E-state index is 12.1. The average Bonchev–Trinajstić information content (AvgIpc) is 2.52. The SMILES string of the molecule is COc1c(O)cc2c(c1O)[C@@H]1OC(CO)C(O)C(O)[C@H]1OC2=O.O. The summed E-state index contributed by atoms with van der Waals surface area (Å²) >= 11 is 0. The van der Waals surface area contributed by atoms with Crippen molar-refractivity contribution < 1.29 is 50.0 Å². The molecule has 1 fully saturated rings. The number of rotatable bonds is 2. The zero-order chi connectivity index (χ0) is 16.9. The second-order valence-electron chi connectivity index (χ2n) is 5.37. The lowest BCUT2D eigenvalue weighted by molar-refractivity contribution is -0.235. The van der Waals surface area contributed by atoms with E-state index in [1.54, 1.807) is 0 Å². The summed E-state index contributed by atoms with van der Waals surface area (Å²) in [7, 11) is 1.22. The number of carbonyl (C=O) groups excluding carboxylic acids is 1. The molecule has 1 aromatic carbocycles.